The second kappa shape index (κ2) is 8.15. The largest absolute Gasteiger partial charge is 0.481 e. The third-order valence-electron chi connectivity index (χ3n) is 4.86. The number of nitrogens with zero attached hydrogens (tertiary/aromatic N) is 1. The summed E-state index contributed by atoms with van der Waals surface area (Å²) >= 11 is 0. The van der Waals surface area contributed by atoms with Crippen LogP contribution in [0.3, 0.4) is 0 Å². The molecule has 0 radical (unpaired) electrons. The Balaban J connectivity index is 1.67. The Kier molecular flexibility index (Phi) is 5.68. The normalized spacial score (nSPS) is 19.5. The number of carbonyl (C=O) groups is 2. The molecule has 2 unspecified atom stereocenters. The van der Waals surface area contributed by atoms with Crippen LogP contribution < -0.4 is 0 Å². The van der Waals surface area contributed by atoms with Crippen LogP contribution >= 0.6 is 0 Å². The van der Waals surface area contributed by atoms with Gasteiger partial charge in [-0.1, -0.05) is 54.6 Å². The molecule has 0 bridgehead atoms. The molecule has 26 heavy (non-hydrogen) atoms. The molecule has 2 aromatic carbocycles. The molecule has 1 aliphatic rings. The molecule has 1 aliphatic heterocycles. The van der Waals surface area contributed by atoms with Crippen LogP contribution in [0.2, 0.25) is 0 Å². The molecule has 0 aliphatic carbocycles. The fourth-order valence-electron chi connectivity index (χ4n) is 3.47. The number of carboxylic acids is 1. The molecule has 5 heteroatoms. The number of methoxy groups -OCH3 is 1. The minimum atomic E-state index is -0.892. The third kappa shape index (κ3) is 4.29. The van der Waals surface area contributed by atoms with E-state index in [1.165, 1.54) is 0 Å². The monoisotopic (exact) mass is 353 g/mol. The maximum Gasteiger partial charge on any atom is 0.305 e. The number of aliphatic carboxylic acids is 1. The molecule has 0 saturated carbocycles. The zero-order valence-electron chi connectivity index (χ0n) is 14.8. The molecule has 2 atom stereocenters. The number of hydrogen-bond acceptors (Lipinski definition) is 3. The first-order chi connectivity index (χ1) is 12.6. The van der Waals surface area contributed by atoms with Crippen molar-refractivity contribution in [3.8, 4) is 11.1 Å². The summed E-state index contributed by atoms with van der Waals surface area (Å²) < 4.78 is 5.33. The minimum Gasteiger partial charge on any atom is -0.481 e. The first-order valence-electron chi connectivity index (χ1n) is 8.75. The second-order valence-corrected chi connectivity index (χ2v) is 6.63. The molecule has 1 amide bonds. The van der Waals surface area contributed by atoms with Crippen LogP contribution in [0.1, 0.15) is 18.4 Å². The number of benzene rings is 2. The third-order valence-corrected chi connectivity index (χ3v) is 4.86. The molecule has 0 spiro atoms. The lowest BCUT2D eigenvalue weighted by molar-refractivity contribution is -0.139. The van der Waals surface area contributed by atoms with Gasteiger partial charge in [-0.25, -0.2) is 0 Å². The van der Waals surface area contributed by atoms with Crippen LogP contribution in [-0.2, 0) is 20.7 Å². The van der Waals surface area contributed by atoms with E-state index in [1.807, 2.05) is 54.6 Å². The molecular weight excluding hydrogens is 330 g/mol. The van der Waals surface area contributed by atoms with Crippen molar-refractivity contribution < 1.29 is 19.4 Å². The Morgan fingerprint density at radius 2 is 1.73 bits per heavy atom. The van der Waals surface area contributed by atoms with Gasteiger partial charge >= 0.3 is 5.97 Å². The summed E-state index contributed by atoms with van der Waals surface area (Å²) in [5.41, 5.74) is 3.16. The van der Waals surface area contributed by atoms with E-state index in [2.05, 4.69) is 0 Å². The fraction of sp³-hybridized carbons (Fsp3) is 0.333. The maximum absolute atomic E-state index is 12.7. The molecule has 136 valence electrons. The van der Waals surface area contributed by atoms with Gasteiger partial charge in [-0.2, -0.15) is 0 Å². The molecule has 3 rings (SSSR count). The lowest BCUT2D eigenvalue weighted by Crippen LogP contribution is -2.38. The molecule has 1 fully saturated rings. The number of hydrogen-bond donors (Lipinski definition) is 1. The van der Waals surface area contributed by atoms with Gasteiger partial charge in [-0.15, -0.1) is 0 Å². The average molecular weight is 353 g/mol. The van der Waals surface area contributed by atoms with Crippen LogP contribution in [-0.4, -0.2) is 47.7 Å². The zero-order valence-corrected chi connectivity index (χ0v) is 14.8. The SMILES string of the molecule is COC1CC(CC(=O)O)N(C(=O)Cc2ccc(-c3ccccc3)cc2)C1. The Morgan fingerprint density at radius 1 is 1.08 bits per heavy atom. The van der Waals surface area contributed by atoms with Crippen molar-refractivity contribution in [2.45, 2.75) is 31.4 Å². The molecule has 2 aromatic rings. The van der Waals surface area contributed by atoms with Gasteiger partial charge in [0.05, 0.1) is 18.9 Å². The van der Waals surface area contributed by atoms with Crippen molar-refractivity contribution in [3.63, 3.8) is 0 Å². The predicted molar refractivity (Wildman–Crippen MR) is 98.7 cm³/mol. The number of carbonyl (C=O) groups excluding carboxylic acids is 1. The van der Waals surface area contributed by atoms with Gasteiger partial charge in [0.25, 0.3) is 0 Å². The Labute approximate surface area is 153 Å². The van der Waals surface area contributed by atoms with E-state index in [0.717, 1.165) is 16.7 Å². The number of amides is 1. The van der Waals surface area contributed by atoms with Crippen molar-refractivity contribution in [2.24, 2.45) is 0 Å². The number of carboxylic acid groups (broad SMARTS) is 1. The van der Waals surface area contributed by atoms with Crippen molar-refractivity contribution in [1.82, 2.24) is 4.90 Å². The highest BCUT2D eigenvalue weighted by Crippen LogP contribution is 2.24. The molecule has 5 nitrogen and oxygen atoms in total. The van der Waals surface area contributed by atoms with Gasteiger partial charge in [0.15, 0.2) is 0 Å². The van der Waals surface area contributed by atoms with Crippen LogP contribution in [0.4, 0.5) is 0 Å². The summed E-state index contributed by atoms with van der Waals surface area (Å²) in [4.78, 5) is 25.4. The first kappa shape index (κ1) is 18.1. The molecule has 1 heterocycles. The lowest BCUT2D eigenvalue weighted by atomic mass is 10.0. The summed E-state index contributed by atoms with van der Waals surface area (Å²) in [6.07, 6.45) is 0.700. The van der Waals surface area contributed by atoms with Crippen LogP contribution in [0, 0.1) is 0 Å². The lowest BCUT2D eigenvalue weighted by Gasteiger charge is -2.23. The van der Waals surface area contributed by atoms with E-state index in [0.29, 0.717) is 13.0 Å². The molecular formula is C21H23NO4. The van der Waals surface area contributed by atoms with Crippen molar-refractivity contribution >= 4 is 11.9 Å². The van der Waals surface area contributed by atoms with Gasteiger partial charge in [0.1, 0.15) is 0 Å². The number of ether oxygens (including phenoxy) is 1. The summed E-state index contributed by atoms with van der Waals surface area (Å²) in [6.45, 7) is 0.454. The summed E-state index contributed by atoms with van der Waals surface area (Å²) in [5.74, 6) is -0.944. The summed E-state index contributed by atoms with van der Waals surface area (Å²) in [7, 11) is 1.60. The molecule has 1 N–H and O–H groups in total. The molecule has 0 aromatic heterocycles. The molecule has 1 saturated heterocycles. The minimum absolute atomic E-state index is 0.0431. The first-order valence-corrected chi connectivity index (χ1v) is 8.75. The fourth-order valence-corrected chi connectivity index (χ4v) is 3.47. The van der Waals surface area contributed by atoms with Gasteiger partial charge in [0, 0.05) is 19.7 Å². The van der Waals surface area contributed by atoms with E-state index in [9.17, 15) is 9.59 Å². The number of rotatable bonds is 6. The topological polar surface area (TPSA) is 66.8 Å². The van der Waals surface area contributed by atoms with Crippen molar-refractivity contribution in [2.75, 3.05) is 13.7 Å². The quantitative estimate of drug-likeness (QED) is 0.867. The standard InChI is InChI=1S/C21H23NO4/c1-26-19-12-18(13-21(24)25)22(14-19)20(23)11-15-7-9-17(10-8-15)16-5-3-2-4-6-16/h2-10,18-19H,11-14H2,1H3,(H,24,25). The van der Waals surface area contributed by atoms with E-state index in [4.69, 9.17) is 9.84 Å². The highest BCUT2D eigenvalue weighted by atomic mass is 16.5. The maximum atomic E-state index is 12.7. The van der Waals surface area contributed by atoms with Gasteiger partial charge < -0.3 is 14.7 Å². The Morgan fingerprint density at radius 3 is 2.35 bits per heavy atom. The van der Waals surface area contributed by atoms with Gasteiger partial charge in [-0.05, 0) is 23.1 Å². The van der Waals surface area contributed by atoms with Crippen LogP contribution in [0.5, 0.6) is 0 Å². The Bertz CT molecular complexity index is 757. The van der Waals surface area contributed by atoms with E-state index < -0.39 is 5.97 Å². The predicted octanol–water partition coefficient (Wildman–Crippen LogP) is 2.99. The smallest absolute Gasteiger partial charge is 0.305 e. The van der Waals surface area contributed by atoms with Crippen molar-refractivity contribution in [1.29, 1.82) is 0 Å². The van der Waals surface area contributed by atoms with E-state index in [1.54, 1.807) is 12.0 Å². The van der Waals surface area contributed by atoms with Crippen LogP contribution in [0.15, 0.2) is 54.6 Å². The summed E-state index contributed by atoms with van der Waals surface area (Å²) in [5, 5.41) is 9.08. The van der Waals surface area contributed by atoms with Gasteiger partial charge in [-0.3, -0.25) is 9.59 Å². The van der Waals surface area contributed by atoms with Crippen LogP contribution in [0.25, 0.3) is 11.1 Å². The van der Waals surface area contributed by atoms with E-state index in [-0.39, 0.29) is 30.9 Å². The number of likely N-dealkylation sites (tertiary alicyclic amines) is 1. The average Bonchev–Trinajstić information content (AvgIpc) is 3.05. The van der Waals surface area contributed by atoms with Gasteiger partial charge in [0.2, 0.25) is 5.91 Å². The zero-order chi connectivity index (χ0) is 18.5. The Hall–Kier alpha value is -2.66. The highest BCUT2D eigenvalue weighted by molar-refractivity contribution is 5.80. The second-order valence-electron chi connectivity index (χ2n) is 6.63. The van der Waals surface area contributed by atoms with Crippen molar-refractivity contribution in [3.05, 3.63) is 60.2 Å². The summed E-state index contributed by atoms with van der Waals surface area (Å²) in [6, 6.07) is 17.7. The highest BCUT2D eigenvalue weighted by Gasteiger charge is 2.36. The van der Waals surface area contributed by atoms with E-state index >= 15 is 0 Å².